The largest absolute Gasteiger partial charge is 0.469 e. The van der Waals surface area contributed by atoms with Crippen LogP contribution in [0.1, 0.15) is 30.4 Å². The molecular weight excluding hydrogens is 194 g/mol. The van der Waals surface area contributed by atoms with Crippen LogP contribution in [0.25, 0.3) is 0 Å². The maximum Gasteiger partial charge on any atom is 0.243 e. The van der Waals surface area contributed by atoms with Crippen LogP contribution in [-0.2, 0) is 6.42 Å². The summed E-state index contributed by atoms with van der Waals surface area (Å²) in [5.74, 6) is 2.07. The van der Waals surface area contributed by atoms with Crippen molar-refractivity contribution >= 4 is 0 Å². The van der Waals surface area contributed by atoms with Crippen LogP contribution in [0.15, 0.2) is 27.3 Å². The van der Waals surface area contributed by atoms with Crippen molar-refractivity contribution in [2.45, 2.75) is 19.4 Å². The number of hydrogen-bond acceptors (Lipinski definition) is 5. The van der Waals surface area contributed by atoms with Gasteiger partial charge in [-0.3, -0.25) is 0 Å². The highest BCUT2D eigenvalue weighted by atomic mass is 16.5. The first kappa shape index (κ1) is 9.92. The van der Waals surface area contributed by atoms with Crippen LogP contribution in [0.4, 0.5) is 0 Å². The molecule has 0 amide bonds. The molecule has 80 valence electrons. The molecule has 0 aliphatic carbocycles. The molecule has 1 unspecified atom stereocenters. The first-order valence-corrected chi connectivity index (χ1v) is 4.81. The molecule has 2 rings (SSSR count). The van der Waals surface area contributed by atoms with Gasteiger partial charge in [-0.1, -0.05) is 5.16 Å². The fourth-order valence-corrected chi connectivity index (χ4v) is 1.21. The van der Waals surface area contributed by atoms with Gasteiger partial charge >= 0.3 is 0 Å². The highest BCUT2D eigenvalue weighted by Crippen LogP contribution is 2.11. The van der Waals surface area contributed by atoms with E-state index in [1.54, 1.807) is 6.26 Å². The summed E-state index contributed by atoms with van der Waals surface area (Å²) >= 11 is 0. The third-order valence-electron chi connectivity index (χ3n) is 2.20. The summed E-state index contributed by atoms with van der Waals surface area (Å²) in [6.45, 7) is 1.96. The first-order chi connectivity index (χ1) is 7.29. The molecular formula is C10H13N3O2. The third kappa shape index (κ3) is 2.24. The molecule has 1 N–H and O–H groups in total. The highest BCUT2D eigenvalue weighted by molar-refractivity contribution is 5.05. The molecule has 0 aliphatic rings. The van der Waals surface area contributed by atoms with Crippen molar-refractivity contribution in [3.63, 3.8) is 0 Å². The number of nitrogens with zero attached hydrogens (tertiary/aromatic N) is 2. The number of aromatic nitrogens is 2. The lowest BCUT2D eigenvalue weighted by atomic mass is 10.3. The van der Waals surface area contributed by atoms with E-state index in [0.717, 1.165) is 5.76 Å². The van der Waals surface area contributed by atoms with Crippen LogP contribution in [0.5, 0.6) is 0 Å². The highest BCUT2D eigenvalue weighted by Gasteiger charge is 2.12. The van der Waals surface area contributed by atoms with Crippen molar-refractivity contribution in [3.8, 4) is 0 Å². The van der Waals surface area contributed by atoms with Crippen LogP contribution < -0.4 is 5.32 Å². The summed E-state index contributed by atoms with van der Waals surface area (Å²) in [4.78, 5) is 4.26. The Hall–Kier alpha value is -1.62. The van der Waals surface area contributed by atoms with Crippen molar-refractivity contribution < 1.29 is 8.94 Å². The lowest BCUT2D eigenvalue weighted by Gasteiger charge is -2.01. The minimum atomic E-state index is 0.0721. The standard InChI is InChI=1S/C10H13N3O2/c1-7(11-2)10-12-9(13-15-10)6-8-4-3-5-14-8/h3-5,7,11H,6H2,1-2H3. The second-order valence-electron chi connectivity index (χ2n) is 3.32. The Kier molecular flexibility index (Phi) is 2.82. The second-order valence-corrected chi connectivity index (χ2v) is 3.32. The minimum Gasteiger partial charge on any atom is -0.469 e. The summed E-state index contributed by atoms with van der Waals surface area (Å²) in [6, 6.07) is 3.80. The molecule has 2 aromatic heterocycles. The Bertz CT molecular complexity index is 408. The van der Waals surface area contributed by atoms with E-state index in [-0.39, 0.29) is 6.04 Å². The zero-order valence-corrected chi connectivity index (χ0v) is 8.73. The lowest BCUT2D eigenvalue weighted by Crippen LogP contribution is -2.12. The van der Waals surface area contributed by atoms with E-state index >= 15 is 0 Å². The smallest absolute Gasteiger partial charge is 0.243 e. The monoisotopic (exact) mass is 207 g/mol. The summed E-state index contributed by atoms with van der Waals surface area (Å²) in [5.41, 5.74) is 0. The van der Waals surface area contributed by atoms with Crippen LogP contribution in [0.3, 0.4) is 0 Å². The average molecular weight is 207 g/mol. The molecule has 2 heterocycles. The van der Waals surface area contributed by atoms with Crippen molar-refractivity contribution in [2.24, 2.45) is 0 Å². The fraction of sp³-hybridized carbons (Fsp3) is 0.400. The number of furan rings is 1. The Morgan fingerprint density at radius 3 is 3.07 bits per heavy atom. The van der Waals surface area contributed by atoms with Gasteiger partial charge in [0.25, 0.3) is 0 Å². The Labute approximate surface area is 87.5 Å². The molecule has 5 nitrogen and oxygen atoms in total. The van der Waals surface area contributed by atoms with Crippen LogP contribution in [0.2, 0.25) is 0 Å². The van der Waals surface area contributed by atoms with E-state index in [9.17, 15) is 0 Å². The van der Waals surface area contributed by atoms with Crippen molar-refractivity contribution in [2.75, 3.05) is 7.05 Å². The second kappa shape index (κ2) is 4.27. The molecule has 0 radical (unpaired) electrons. The van der Waals surface area contributed by atoms with Gasteiger partial charge in [-0.15, -0.1) is 0 Å². The van der Waals surface area contributed by atoms with Crippen molar-refractivity contribution in [1.82, 2.24) is 15.5 Å². The van der Waals surface area contributed by atoms with Gasteiger partial charge in [0.2, 0.25) is 5.89 Å². The van der Waals surface area contributed by atoms with Crippen LogP contribution in [0, 0.1) is 0 Å². The molecule has 0 saturated carbocycles. The molecule has 2 aromatic rings. The Balaban J connectivity index is 2.07. The van der Waals surface area contributed by atoms with Gasteiger partial charge in [0.1, 0.15) is 5.76 Å². The fourth-order valence-electron chi connectivity index (χ4n) is 1.21. The zero-order valence-electron chi connectivity index (χ0n) is 8.73. The van der Waals surface area contributed by atoms with E-state index < -0.39 is 0 Å². The van der Waals surface area contributed by atoms with Gasteiger partial charge < -0.3 is 14.3 Å². The van der Waals surface area contributed by atoms with Crippen molar-refractivity contribution in [3.05, 3.63) is 35.9 Å². The van der Waals surface area contributed by atoms with Gasteiger partial charge in [-0.25, -0.2) is 0 Å². The number of rotatable bonds is 4. The summed E-state index contributed by atoms with van der Waals surface area (Å²) in [5, 5.41) is 6.91. The summed E-state index contributed by atoms with van der Waals surface area (Å²) in [7, 11) is 1.85. The van der Waals surface area contributed by atoms with Gasteiger partial charge in [0.15, 0.2) is 5.82 Å². The van der Waals surface area contributed by atoms with E-state index in [1.165, 1.54) is 0 Å². The molecule has 0 bridgehead atoms. The van der Waals surface area contributed by atoms with E-state index in [0.29, 0.717) is 18.1 Å². The van der Waals surface area contributed by atoms with E-state index in [1.807, 2.05) is 26.1 Å². The Morgan fingerprint density at radius 2 is 2.40 bits per heavy atom. The topological polar surface area (TPSA) is 64.1 Å². The average Bonchev–Trinajstić information content (AvgIpc) is 2.88. The van der Waals surface area contributed by atoms with Gasteiger partial charge in [-0.05, 0) is 26.1 Å². The van der Waals surface area contributed by atoms with E-state index in [4.69, 9.17) is 8.94 Å². The molecule has 0 aromatic carbocycles. The third-order valence-corrected chi connectivity index (χ3v) is 2.20. The summed E-state index contributed by atoms with van der Waals surface area (Å²) < 4.78 is 10.3. The first-order valence-electron chi connectivity index (χ1n) is 4.81. The van der Waals surface area contributed by atoms with Gasteiger partial charge in [0.05, 0.1) is 18.7 Å². The van der Waals surface area contributed by atoms with Gasteiger partial charge in [0, 0.05) is 0 Å². The molecule has 0 spiro atoms. The number of nitrogens with one attached hydrogen (secondary N) is 1. The number of hydrogen-bond donors (Lipinski definition) is 1. The van der Waals surface area contributed by atoms with Gasteiger partial charge in [-0.2, -0.15) is 4.98 Å². The van der Waals surface area contributed by atoms with Crippen LogP contribution >= 0.6 is 0 Å². The maximum atomic E-state index is 5.20. The summed E-state index contributed by atoms with van der Waals surface area (Å²) in [6.07, 6.45) is 2.19. The molecule has 0 saturated heterocycles. The normalized spacial score (nSPS) is 12.9. The maximum absolute atomic E-state index is 5.20. The predicted octanol–water partition coefficient (Wildman–Crippen LogP) is 1.53. The molecule has 0 aliphatic heterocycles. The molecule has 5 heteroatoms. The Morgan fingerprint density at radius 1 is 1.53 bits per heavy atom. The van der Waals surface area contributed by atoms with Crippen LogP contribution in [-0.4, -0.2) is 17.2 Å². The molecule has 0 fully saturated rings. The SMILES string of the molecule is CNC(C)c1nc(Cc2ccco2)no1. The minimum absolute atomic E-state index is 0.0721. The predicted molar refractivity (Wildman–Crippen MR) is 53.3 cm³/mol. The molecule has 1 atom stereocenters. The lowest BCUT2D eigenvalue weighted by molar-refractivity contribution is 0.343. The van der Waals surface area contributed by atoms with Crippen molar-refractivity contribution in [1.29, 1.82) is 0 Å². The quantitative estimate of drug-likeness (QED) is 0.823. The van der Waals surface area contributed by atoms with E-state index in [2.05, 4.69) is 15.5 Å². The zero-order chi connectivity index (χ0) is 10.7. The molecule has 15 heavy (non-hydrogen) atoms.